The number of aryl methyl sites for hydroxylation is 1. The normalized spacial score (nSPS) is 23.1. The highest BCUT2D eigenvalue weighted by Gasteiger charge is 2.38. The Kier molecular flexibility index (Phi) is 3.84. The van der Waals surface area contributed by atoms with E-state index < -0.39 is 0 Å². The summed E-state index contributed by atoms with van der Waals surface area (Å²) in [6.45, 7) is 8.14. The molecular formula is C16H23ClN2. The van der Waals surface area contributed by atoms with Gasteiger partial charge in [0.2, 0.25) is 0 Å². The van der Waals surface area contributed by atoms with E-state index in [9.17, 15) is 0 Å². The third-order valence-electron chi connectivity index (χ3n) is 4.89. The number of piperidine rings is 1. The molecule has 0 aromatic heterocycles. The van der Waals surface area contributed by atoms with E-state index in [1.165, 1.54) is 56.6 Å². The minimum absolute atomic E-state index is 0.595. The molecular weight excluding hydrogens is 256 g/mol. The SMILES string of the molecule is Cc1ccc(Cl)cc1CN1CCC2(CCNCC2)C1. The molecule has 2 aliphatic rings. The smallest absolute Gasteiger partial charge is 0.0409 e. The molecule has 0 radical (unpaired) electrons. The minimum atomic E-state index is 0.595. The fourth-order valence-corrected chi connectivity index (χ4v) is 3.77. The van der Waals surface area contributed by atoms with Crippen LogP contribution in [0.25, 0.3) is 0 Å². The molecule has 0 aliphatic carbocycles. The van der Waals surface area contributed by atoms with Gasteiger partial charge in [-0.2, -0.15) is 0 Å². The lowest BCUT2D eigenvalue weighted by Gasteiger charge is -2.34. The van der Waals surface area contributed by atoms with Crippen LogP contribution in [-0.2, 0) is 6.54 Å². The maximum Gasteiger partial charge on any atom is 0.0409 e. The van der Waals surface area contributed by atoms with Crippen molar-refractivity contribution in [2.24, 2.45) is 5.41 Å². The van der Waals surface area contributed by atoms with Gasteiger partial charge >= 0.3 is 0 Å². The maximum absolute atomic E-state index is 6.12. The van der Waals surface area contributed by atoms with E-state index >= 15 is 0 Å². The summed E-state index contributed by atoms with van der Waals surface area (Å²) in [5.41, 5.74) is 3.34. The quantitative estimate of drug-likeness (QED) is 0.894. The van der Waals surface area contributed by atoms with Gasteiger partial charge in [0.05, 0.1) is 0 Å². The van der Waals surface area contributed by atoms with E-state index in [1.54, 1.807) is 0 Å². The summed E-state index contributed by atoms with van der Waals surface area (Å²) in [5.74, 6) is 0. The van der Waals surface area contributed by atoms with E-state index in [0.717, 1.165) is 11.6 Å². The van der Waals surface area contributed by atoms with Crippen LogP contribution in [0.15, 0.2) is 18.2 Å². The first-order chi connectivity index (χ1) is 9.17. The van der Waals surface area contributed by atoms with Gasteiger partial charge < -0.3 is 5.32 Å². The van der Waals surface area contributed by atoms with Crippen LogP contribution < -0.4 is 5.32 Å². The predicted molar refractivity (Wildman–Crippen MR) is 80.6 cm³/mol. The average molecular weight is 279 g/mol. The lowest BCUT2D eigenvalue weighted by atomic mass is 9.78. The van der Waals surface area contributed by atoms with Gasteiger partial charge in [-0.25, -0.2) is 0 Å². The zero-order valence-corrected chi connectivity index (χ0v) is 12.5. The van der Waals surface area contributed by atoms with Crippen LogP contribution in [0.4, 0.5) is 0 Å². The maximum atomic E-state index is 6.12. The largest absolute Gasteiger partial charge is 0.317 e. The van der Waals surface area contributed by atoms with E-state index in [2.05, 4.69) is 29.3 Å². The van der Waals surface area contributed by atoms with Gasteiger partial charge in [0, 0.05) is 18.1 Å². The lowest BCUT2D eigenvalue weighted by molar-refractivity contribution is 0.194. The molecule has 0 unspecified atom stereocenters. The highest BCUT2D eigenvalue weighted by atomic mass is 35.5. The van der Waals surface area contributed by atoms with Gasteiger partial charge in [-0.05, 0) is 74.5 Å². The third kappa shape index (κ3) is 2.96. The molecule has 2 fully saturated rings. The van der Waals surface area contributed by atoms with Crippen molar-refractivity contribution in [3.8, 4) is 0 Å². The Morgan fingerprint density at radius 1 is 1.26 bits per heavy atom. The molecule has 2 saturated heterocycles. The monoisotopic (exact) mass is 278 g/mol. The summed E-state index contributed by atoms with van der Waals surface area (Å²) in [7, 11) is 0. The fraction of sp³-hybridized carbons (Fsp3) is 0.625. The Hall–Kier alpha value is -0.570. The molecule has 19 heavy (non-hydrogen) atoms. The summed E-state index contributed by atoms with van der Waals surface area (Å²) < 4.78 is 0. The Morgan fingerprint density at radius 3 is 2.84 bits per heavy atom. The van der Waals surface area contributed by atoms with Gasteiger partial charge in [0.1, 0.15) is 0 Å². The van der Waals surface area contributed by atoms with Gasteiger partial charge in [0.25, 0.3) is 0 Å². The number of likely N-dealkylation sites (tertiary alicyclic amines) is 1. The minimum Gasteiger partial charge on any atom is -0.317 e. The van der Waals surface area contributed by atoms with Crippen molar-refractivity contribution >= 4 is 11.6 Å². The molecule has 1 spiro atoms. The Bertz CT molecular complexity index is 452. The van der Waals surface area contributed by atoms with Gasteiger partial charge in [0.15, 0.2) is 0 Å². The summed E-state index contributed by atoms with van der Waals surface area (Å²) in [4.78, 5) is 2.62. The van der Waals surface area contributed by atoms with Crippen LogP contribution in [0, 0.1) is 12.3 Å². The summed E-state index contributed by atoms with van der Waals surface area (Å²) in [5, 5.41) is 4.34. The van der Waals surface area contributed by atoms with Crippen LogP contribution in [0.2, 0.25) is 5.02 Å². The number of hydrogen-bond acceptors (Lipinski definition) is 2. The van der Waals surface area contributed by atoms with Crippen molar-refractivity contribution < 1.29 is 0 Å². The second-order valence-electron chi connectivity index (χ2n) is 6.28. The molecule has 3 rings (SSSR count). The second kappa shape index (κ2) is 5.43. The first kappa shape index (κ1) is 13.4. The number of benzene rings is 1. The highest BCUT2D eigenvalue weighted by molar-refractivity contribution is 6.30. The zero-order valence-electron chi connectivity index (χ0n) is 11.7. The van der Waals surface area contributed by atoms with E-state index in [-0.39, 0.29) is 0 Å². The summed E-state index contributed by atoms with van der Waals surface area (Å²) >= 11 is 6.12. The molecule has 0 bridgehead atoms. The standard InChI is InChI=1S/C16H23ClN2/c1-13-2-3-15(17)10-14(13)11-19-9-6-16(12-19)4-7-18-8-5-16/h2-3,10,18H,4-9,11-12H2,1H3. The molecule has 2 nitrogen and oxygen atoms in total. The van der Waals surface area contributed by atoms with Crippen molar-refractivity contribution in [3.63, 3.8) is 0 Å². The van der Waals surface area contributed by atoms with Gasteiger partial charge in [-0.15, -0.1) is 0 Å². The van der Waals surface area contributed by atoms with E-state index in [4.69, 9.17) is 11.6 Å². The van der Waals surface area contributed by atoms with E-state index in [1.807, 2.05) is 6.07 Å². The lowest BCUT2D eigenvalue weighted by Crippen LogP contribution is -2.38. The predicted octanol–water partition coefficient (Wildman–Crippen LogP) is 3.22. The Labute approximate surface area is 121 Å². The van der Waals surface area contributed by atoms with Crippen molar-refractivity contribution in [2.75, 3.05) is 26.2 Å². The molecule has 1 aromatic rings. The first-order valence-corrected chi connectivity index (χ1v) is 7.73. The molecule has 3 heteroatoms. The molecule has 0 saturated carbocycles. The molecule has 1 aromatic carbocycles. The van der Waals surface area contributed by atoms with Gasteiger partial charge in [-0.3, -0.25) is 4.90 Å². The molecule has 0 amide bonds. The van der Waals surface area contributed by atoms with Crippen LogP contribution in [-0.4, -0.2) is 31.1 Å². The molecule has 0 atom stereocenters. The highest BCUT2D eigenvalue weighted by Crippen LogP contribution is 2.39. The van der Waals surface area contributed by atoms with Crippen molar-refractivity contribution in [1.82, 2.24) is 10.2 Å². The zero-order chi connectivity index (χ0) is 13.3. The van der Waals surface area contributed by atoms with Crippen LogP contribution in [0.3, 0.4) is 0 Å². The topological polar surface area (TPSA) is 15.3 Å². The molecule has 2 aliphatic heterocycles. The molecule has 1 N–H and O–H groups in total. The Morgan fingerprint density at radius 2 is 2.05 bits per heavy atom. The third-order valence-corrected chi connectivity index (χ3v) is 5.12. The van der Waals surface area contributed by atoms with Crippen molar-refractivity contribution in [2.45, 2.75) is 32.7 Å². The second-order valence-corrected chi connectivity index (χ2v) is 6.72. The van der Waals surface area contributed by atoms with Crippen LogP contribution in [0.5, 0.6) is 0 Å². The number of nitrogens with zero attached hydrogens (tertiary/aromatic N) is 1. The molecule has 2 heterocycles. The Balaban J connectivity index is 1.66. The fourth-order valence-electron chi connectivity index (χ4n) is 3.58. The number of halogens is 1. The first-order valence-electron chi connectivity index (χ1n) is 7.35. The number of hydrogen-bond donors (Lipinski definition) is 1. The summed E-state index contributed by atoms with van der Waals surface area (Å²) in [6, 6.07) is 6.25. The summed E-state index contributed by atoms with van der Waals surface area (Å²) in [6.07, 6.45) is 4.06. The molecule has 104 valence electrons. The average Bonchev–Trinajstić information content (AvgIpc) is 2.78. The van der Waals surface area contributed by atoms with Gasteiger partial charge in [-0.1, -0.05) is 17.7 Å². The van der Waals surface area contributed by atoms with E-state index in [0.29, 0.717) is 5.41 Å². The van der Waals surface area contributed by atoms with Crippen LogP contribution in [0.1, 0.15) is 30.4 Å². The van der Waals surface area contributed by atoms with Crippen molar-refractivity contribution in [3.05, 3.63) is 34.3 Å². The van der Waals surface area contributed by atoms with Crippen molar-refractivity contribution in [1.29, 1.82) is 0 Å². The number of rotatable bonds is 2. The number of nitrogens with one attached hydrogen (secondary N) is 1. The van der Waals surface area contributed by atoms with Crippen LogP contribution >= 0.6 is 11.6 Å².